The van der Waals surface area contributed by atoms with Crippen LogP contribution in [0.4, 0.5) is 13.2 Å². The highest BCUT2D eigenvalue weighted by Gasteiger charge is 2.31. The Morgan fingerprint density at radius 1 is 1.40 bits per heavy atom. The van der Waals surface area contributed by atoms with E-state index >= 15 is 0 Å². The van der Waals surface area contributed by atoms with E-state index in [-0.39, 0.29) is 5.56 Å². The summed E-state index contributed by atoms with van der Waals surface area (Å²) in [6.07, 6.45) is -3.43. The smallest absolute Gasteiger partial charge is 0.391 e. The molecule has 1 aromatic heterocycles. The fourth-order valence-electron chi connectivity index (χ4n) is 1.07. The molecule has 0 aliphatic rings. The fraction of sp³-hybridized carbons (Fsp3) is 0.444. The quantitative estimate of drug-likeness (QED) is 0.793. The SMILES string of the molecule is CC(O)C(N)c1cncc(C(F)(F)F)c1. The summed E-state index contributed by atoms with van der Waals surface area (Å²) in [5.74, 6) is 0. The molecule has 1 rings (SSSR count). The molecule has 1 heterocycles. The lowest BCUT2D eigenvalue weighted by molar-refractivity contribution is -0.137. The number of rotatable bonds is 2. The molecule has 3 nitrogen and oxygen atoms in total. The van der Waals surface area contributed by atoms with Gasteiger partial charge in [0.15, 0.2) is 0 Å². The maximum atomic E-state index is 12.3. The summed E-state index contributed by atoms with van der Waals surface area (Å²) in [5.41, 5.74) is 4.79. The molecule has 0 saturated heterocycles. The van der Waals surface area contributed by atoms with Crippen LogP contribution in [0.3, 0.4) is 0 Å². The molecule has 0 saturated carbocycles. The van der Waals surface area contributed by atoms with Gasteiger partial charge in [-0.15, -0.1) is 0 Å². The molecule has 0 amide bonds. The number of aliphatic hydroxyl groups excluding tert-OH is 1. The summed E-state index contributed by atoms with van der Waals surface area (Å²) in [6, 6.07) is 0.0319. The van der Waals surface area contributed by atoms with E-state index in [1.807, 2.05) is 0 Å². The van der Waals surface area contributed by atoms with Gasteiger partial charge in [-0.05, 0) is 18.6 Å². The standard InChI is InChI=1S/C9H11F3N2O/c1-5(15)8(13)6-2-7(4-14-3-6)9(10,11)12/h2-5,8,15H,13H2,1H3. The van der Waals surface area contributed by atoms with Crippen LogP contribution in [0.2, 0.25) is 0 Å². The number of hydrogen-bond donors (Lipinski definition) is 2. The molecule has 0 aliphatic heterocycles. The highest BCUT2D eigenvalue weighted by molar-refractivity contribution is 5.23. The largest absolute Gasteiger partial charge is 0.417 e. The van der Waals surface area contributed by atoms with Crippen molar-refractivity contribution < 1.29 is 18.3 Å². The van der Waals surface area contributed by atoms with Gasteiger partial charge >= 0.3 is 6.18 Å². The highest BCUT2D eigenvalue weighted by Crippen LogP contribution is 2.30. The number of aliphatic hydroxyl groups is 1. The number of aromatic nitrogens is 1. The van der Waals surface area contributed by atoms with Crippen molar-refractivity contribution in [3.8, 4) is 0 Å². The Morgan fingerprint density at radius 2 is 2.00 bits per heavy atom. The molecule has 15 heavy (non-hydrogen) atoms. The summed E-state index contributed by atoms with van der Waals surface area (Å²) in [7, 11) is 0. The van der Waals surface area contributed by atoms with Crippen molar-refractivity contribution in [3.05, 3.63) is 29.6 Å². The zero-order chi connectivity index (χ0) is 11.6. The minimum absolute atomic E-state index is 0.167. The first-order valence-electron chi connectivity index (χ1n) is 4.28. The average Bonchev–Trinajstić information content (AvgIpc) is 2.15. The molecule has 0 aliphatic carbocycles. The second-order valence-electron chi connectivity index (χ2n) is 3.27. The van der Waals surface area contributed by atoms with Crippen LogP contribution in [0, 0.1) is 0 Å². The zero-order valence-electron chi connectivity index (χ0n) is 7.99. The first-order valence-corrected chi connectivity index (χ1v) is 4.28. The van der Waals surface area contributed by atoms with E-state index in [4.69, 9.17) is 10.8 Å². The molecule has 6 heteroatoms. The van der Waals surface area contributed by atoms with Crippen LogP contribution in [-0.2, 0) is 6.18 Å². The van der Waals surface area contributed by atoms with Crippen LogP contribution in [0.15, 0.2) is 18.5 Å². The Hall–Kier alpha value is -1.14. The maximum absolute atomic E-state index is 12.3. The Bertz CT molecular complexity index is 338. The van der Waals surface area contributed by atoms with E-state index in [9.17, 15) is 13.2 Å². The van der Waals surface area contributed by atoms with Crippen molar-refractivity contribution in [1.82, 2.24) is 4.98 Å². The molecule has 0 bridgehead atoms. The van der Waals surface area contributed by atoms with E-state index in [1.54, 1.807) is 0 Å². The topological polar surface area (TPSA) is 59.1 Å². The van der Waals surface area contributed by atoms with Crippen molar-refractivity contribution in [3.63, 3.8) is 0 Å². The van der Waals surface area contributed by atoms with Gasteiger partial charge in [-0.25, -0.2) is 0 Å². The van der Waals surface area contributed by atoms with Crippen molar-refractivity contribution in [2.45, 2.75) is 25.2 Å². The van der Waals surface area contributed by atoms with Crippen LogP contribution in [0.5, 0.6) is 0 Å². The normalized spacial score (nSPS) is 16.1. The molecule has 0 fully saturated rings. The van der Waals surface area contributed by atoms with Gasteiger partial charge in [0, 0.05) is 12.4 Å². The first-order chi connectivity index (χ1) is 6.82. The number of nitrogens with two attached hydrogens (primary N) is 1. The van der Waals surface area contributed by atoms with E-state index in [0.29, 0.717) is 0 Å². The Kier molecular flexibility index (Phi) is 3.31. The maximum Gasteiger partial charge on any atom is 0.417 e. The van der Waals surface area contributed by atoms with E-state index < -0.39 is 23.9 Å². The van der Waals surface area contributed by atoms with Gasteiger partial charge in [-0.1, -0.05) is 0 Å². The minimum Gasteiger partial charge on any atom is -0.391 e. The lowest BCUT2D eigenvalue weighted by Crippen LogP contribution is -2.23. The molecule has 0 radical (unpaired) electrons. The molecule has 2 atom stereocenters. The Balaban J connectivity index is 3.03. The zero-order valence-corrected chi connectivity index (χ0v) is 7.99. The lowest BCUT2D eigenvalue weighted by atomic mass is 10.0. The molecule has 0 aromatic carbocycles. The Morgan fingerprint density at radius 3 is 2.47 bits per heavy atom. The summed E-state index contributed by atoms with van der Waals surface area (Å²) >= 11 is 0. The van der Waals surface area contributed by atoms with Crippen molar-refractivity contribution in [1.29, 1.82) is 0 Å². The molecule has 2 unspecified atom stereocenters. The summed E-state index contributed by atoms with van der Waals surface area (Å²) in [4.78, 5) is 3.44. The third-order valence-corrected chi connectivity index (χ3v) is 1.99. The molecule has 3 N–H and O–H groups in total. The van der Waals surface area contributed by atoms with Crippen LogP contribution in [0.1, 0.15) is 24.1 Å². The number of halogens is 3. The highest BCUT2D eigenvalue weighted by atomic mass is 19.4. The number of hydrogen-bond acceptors (Lipinski definition) is 3. The lowest BCUT2D eigenvalue weighted by Gasteiger charge is -2.16. The van der Waals surface area contributed by atoms with Crippen LogP contribution < -0.4 is 5.73 Å². The minimum atomic E-state index is -4.44. The van der Waals surface area contributed by atoms with Crippen molar-refractivity contribution in [2.75, 3.05) is 0 Å². The molecular weight excluding hydrogens is 209 g/mol. The number of nitrogens with zero attached hydrogens (tertiary/aromatic N) is 1. The van der Waals surface area contributed by atoms with Crippen LogP contribution in [0.25, 0.3) is 0 Å². The second-order valence-corrected chi connectivity index (χ2v) is 3.27. The predicted octanol–water partition coefficient (Wildman–Crippen LogP) is 1.48. The van der Waals surface area contributed by atoms with Gasteiger partial charge in [0.05, 0.1) is 17.7 Å². The summed E-state index contributed by atoms with van der Waals surface area (Å²) < 4.78 is 36.9. The number of pyridine rings is 1. The third-order valence-electron chi connectivity index (χ3n) is 1.99. The fourth-order valence-corrected chi connectivity index (χ4v) is 1.07. The third kappa shape index (κ3) is 2.90. The van der Waals surface area contributed by atoms with E-state index in [2.05, 4.69) is 4.98 Å². The molecule has 84 valence electrons. The van der Waals surface area contributed by atoms with Gasteiger partial charge < -0.3 is 10.8 Å². The molecule has 0 spiro atoms. The van der Waals surface area contributed by atoms with Gasteiger partial charge in [-0.3, -0.25) is 4.98 Å². The van der Waals surface area contributed by atoms with Crippen LogP contribution >= 0.6 is 0 Å². The Labute approximate surface area is 84.7 Å². The first kappa shape index (κ1) is 11.9. The van der Waals surface area contributed by atoms with E-state index in [1.165, 1.54) is 13.1 Å². The summed E-state index contributed by atoms with van der Waals surface area (Å²) in [5, 5.41) is 9.13. The van der Waals surface area contributed by atoms with Gasteiger partial charge in [0.2, 0.25) is 0 Å². The van der Waals surface area contributed by atoms with Crippen molar-refractivity contribution >= 4 is 0 Å². The van der Waals surface area contributed by atoms with Crippen molar-refractivity contribution in [2.24, 2.45) is 5.73 Å². The van der Waals surface area contributed by atoms with E-state index in [0.717, 1.165) is 12.3 Å². The summed E-state index contributed by atoms with van der Waals surface area (Å²) in [6.45, 7) is 1.41. The van der Waals surface area contributed by atoms with Gasteiger partial charge in [-0.2, -0.15) is 13.2 Å². The monoisotopic (exact) mass is 220 g/mol. The average molecular weight is 220 g/mol. The van der Waals surface area contributed by atoms with Crippen LogP contribution in [-0.4, -0.2) is 16.2 Å². The van der Waals surface area contributed by atoms with Gasteiger partial charge in [0.25, 0.3) is 0 Å². The second kappa shape index (κ2) is 4.16. The predicted molar refractivity (Wildman–Crippen MR) is 47.8 cm³/mol. The molecular formula is C9H11F3N2O. The number of alkyl halides is 3. The molecule has 1 aromatic rings. The van der Waals surface area contributed by atoms with Gasteiger partial charge in [0.1, 0.15) is 0 Å².